The average molecular weight is 265 g/mol. The van der Waals surface area contributed by atoms with E-state index in [-0.39, 0.29) is 30.1 Å². The first-order valence-electron chi connectivity index (χ1n) is 5.78. The number of nitrogens with zero attached hydrogens (tertiary/aromatic N) is 1. The zero-order valence-corrected chi connectivity index (χ0v) is 11.2. The van der Waals surface area contributed by atoms with E-state index >= 15 is 0 Å². The predicted octanol–water partition coefficient (Wildman–Crippen LogP) is 1.71. The van der Waals surface area contributed by atoms with Gasteiger partial charge in [0.1, 0.15) is 0 Å². The van der Waals surface area contributed by atoms with E-state index < -0.39 is 0 Å². The first-order valence-corrected chi connectivity index (χ1v) is 6.66. The molecular formula is C13H15NO3S. The van der Waals surface area contributed by atoms with Crippen LogP contribution in [0, 0.1) is 0 Å². The maximum Gasteiger partial charge on any atom is 0.240 e. The molecule has 96 valence electrons. The van der Waals surface area contributed by atoms with Crippen molar-refractivity contribution in [2.24, 2.45) is 0 Å². The molecular weight excluding hydrogens is 250 g/mol. The first kappa shape index (κ1) is 13.1. The Labute approximate surface area is 110 Å². The third-order valence-electron chi connectivity index (χ3n) is 2.90. The molecule has 1 aromatic rings. The van der Waals surface area contributed by atoms with Gasteiger partial charge in [0, 0.05) is 17.0 Å². The highest BCUT2D eigenvalue weighted by atomic mass is 32.2. The molecule has 0 saturated carbocycles. The van der Waals surface area contributed by atoms with Gasteiger partial charge >= 0.3 is 0 Å². The minimum Gasteiger partial charge on any atom is -0.395 e. The van der Waals surface area contributed by atoms with Crippen molar-refractivity contribution in [2.75, 3.05) is 18.1 Å². The monoisotopic (exact) mass is 265 g/mol. The second-order valence-corrected chi connectivity index (χ2v) is 5.59. The summed E-state index contributed by atoms with van der Waals surface area (Å²) >= 11 is 1.46. The Morgan fingerprint density at radius 3 is 2.83 bits per heavy atom. The third kappa shape index (κ3) is 2.28. The molecule has 0 fully saturated rings. The molecule has 1 amide bonds. The van der Waals surface area contributed by atoms with Crippen LogP contribution >= 0.6 is 11.8 Å². The summed E-state index contributed by atoms with van der Waals surface area (Å²) in [7, 11) is 0. The van der Waals surface area contributed by atoms with E-state index in [1.54, 1.807) is 17.0 Å². The van der Waals surface area contributed by atoms with E-state index in [2.05, 4.69) is 0 Å². The maximum absolute atomic E-state index is 12.0. The molecule has 1 unspecified atom stereocenters. The van der Waals surface area contributed by atoms with Crippen molar-refractivity contribution >= 4 is 29.1 Å². The van der Waals surface area contributed by atoms with E-state index in [0.29, 0.717) is 5.56 Å². The van der Waals surface area contributed by atoms with E-state index in [9.17, 15) is 9.59 Å². The third-order valence-corrected chi connectivity index (χ3v) is 4.03. The van der Waals surface area contributed by atoms with Crippen LogP contribution in [0.15, 0.2) is 23.1 Å². The van der Waals surface area contributed by atoms with Gasteiger partial charge in [0.05, 0.1) is 17.5 Å². The molecule has 5 heteroatoms. The fourth-order valence-corrected chi connectivity index (χ4v) is 3.06. The SMILES string of the molecule is CC(=O)c1ccc2c(c1)SC(C)C(=O)N2CCO. The predicted molar refractivity (Wildman–Crippen MR) is 71.2 cm³/mol. The highest BCUT2D eigenvalue weighted by Crippen LogP contribution is 2.39. The number of fused-ring (bicyclic) bond motifs is 1. The molecule has 0 aromatic heterocycles. The number of carbonyl (C=O) groups is 2. The van der Waals surface area contributed by atoms with Gasteiger partial charge in [0.2, 0.25) is 5.91 Å². The maximum atomic E-state index is 12.0. The second kappa shape index (κ2) is 5.12. The number of benzene rings is 1. The minimum absolute atomic E-state index is 0.00266. The molecule has 1 atom stereocenters. The zero-order valence-electron chi connectivity index (χ0n) is 10.3. The average Bonchev–Trinajstić information content (AvgIpc) is 2.34. The van der Waals surface area contributed by atoms with Crippen molar-refractivity contribution in [1.82, 2.24) is 0 Å². The van der Waals surface area contributed by atoms with Crippen molar-refractivity contribution < 1.29 is 14.7 Å². The summed E-state index contributed by atoms with van der Waals surface area (Å²) in [4.78, 5) is 25.9. The number of β-amino-alcohol motifs (C(OH)–C–C–N with tert-alkyl or cyclic N) is 1. The van der Waals surface area contributed by atoms with Crippen LogP contribution in [0.25, 0.3) is 0 Å². The largest absolute Gasteiger partial charge is 0.395 e. The number of aliphatic hydroxyl groups excluding tert-OH is 1. The highest BCUT2D eigenvalue weighted by molar-refractivity contribution is 8.01. The van der Waals surface area contributed by atoms with Gasteiger partial charge < -0.3 is 10.0 Å². The summed E-state index contributed by atoms with van der Waals surface area (Å²) in [5, 5.41) is 8.85. The molecule has 0 radical (unpaired) electrons. The van der Waals surface area contributed by atoms with Gasteiger partial charge in [-0.1, -0.05) is 0 Å². The Morgan fingerprint density at radius 1 is 1.50 bits per heavy atom. The van der Waals surface area contributed by atoms with Crippen molar-refractivity contribution in [3.63, 3.8) is 0 Å². The molecule has 2 rings (SSSR count). The van der Waals surface area contributed by atoms with Crippen LogP contribution in [-0.4, -0.2) is 35.2 Å². The number of aliphatic hydroxyl groups is 1. The highest BCUT2D eigenvalue weighted by Gasteiger charge is 2.30. The lowest BCUT2D eigenvalue weighted by Crippen LogP contribution is -2.41. The number of hydrogen-bond acceptors (Lipinski definition) is 4. The summed E-state index contributed by atoms with van der Waals surface area (Å²) in [5.41, 5.74) is 1.42. The van der Waals surface area contributed by atoms with E-state index in [4.69, 9.17) is 5.11 Å². The summed E-state index contributed by atoms with van der Waals surface area (Å²) in [6, 6.07) is 5.31. The molecule has 1 aliphatic heterocycles. The van der Waals surface area contributed by atoms with E-state index in [1.165, 1.54) is 18.7 Å². The van der Waals surface area contributed by atoms with Gasteiger partial charge in [0.25, 0.3) is 0 Å². The van der Waals surface area contributed by atoms with Gasteiger partial charge in [-0.3, -0.25) is 9.59 Å². The summed E-state index contributed by atoms with van der Waals surface area (Å²) < 4.78 is 0. The molecule has 0 bridgehead atoms. The lowest BCUT2D eigenvalue weighted by atomic mass is 10.1. The molecule has 1 aliphatic rings. The number of rotatable bonds is 3. The lowest BCUT2D eigenvalue weighted by molar-refractivity contribution is -0.118. The van der Waals surface area contributed by atoms with Gasteiger partial charge in [-0.15, -0.1) is 11.8 Å². The normalized spacial score (nSPS) is 18.7. The number of amides is 1. The fraction of sp³-hybridized carbons (Fsp3) is 0.385. The molecule has 1 N–H and O–H groups in total. The number of ketones is 1. The Balaban J connectivity index is 2.45. The summed E-state index contributed by atoms with van der Waals surface area (Å²) in [6.07, 6.45) is 0. The van der Waals surface area contributed by atoms with Crippen molar-refractivity contribution in [3.8, 4) is 0 Å². The number of carbonyl (C=O) groups excluding carboxylic acids is 2. The summed E-state index contributed by atoms with van der Waals surface area (Å²) in [6.45, 7) is 3.57. The Kier molecular flexibility index (Phi) is 3.73. The standard InChI is InChI=1S/C13H15NO3S/c1-8(16)10-3-4-11-12(7-10)18-9(2)13(17)14(11)5-6-15/h3-4,7,9,15H,5-6H2,1-2H3. The van der Waals surface area contributed by atoms with Gasteiger partial charge in [-0.05, 0) is 32.0 Å². The topological polar surface area (TPSA) is 57.6 Å². The van der Waals surface area contributed by atoms with Crippen LogP contribution in [-0.2, 0) is 4.79 Å². The van der Waals surface area contributed by atoms with Crippen LogP contribution < -0.4 is 4.90 Å². The zero-order chi connectivity index (χ0) is 13.3. The lowest BCUT2D eigenvalue weighted by Gasteiger charge is -2.32. The van der Waals surface area contributed by atoms with Crippen molar-refractivity contribution in [1.29, 1.82) is 0 Å². The smallest absolute Gasteiger partial charge is 0.240 e. The first-order chi connectivity index (χ1) is 8.54. The molecule has 0 saturated heterocycles. The Hall–Kier alpha value is -1.33. The minimum atomic E-state index is -0.189. The molecule has 1 aromatic carbocycles. The second-order valence-electron chi connectivity index (χ2n) is 4.21. The summed E-state index contributed by atoms with van der Waals surface area (Å²) in [5.74, 6) is 0.00814. The fourth-order valence-electron chi connectivity index (χ4n) is 1.96. The Morgan fingerprint density at radius 2 is 2.22 bits per heavy atom. The number of anilines is 1. The van der Waals surface area contributed by atoms with Crippen molar-refractivity contribution in [3.05, 3.63) is 23.8 Å². The number of thioether (sulfide) groups is 1. The van der Waals surface area contributed by atoms with Crippen LogP contribution in [0.5, 0.6) is 0 Å². The quantitative estimate of drug-likeness (QED) is 0.845. The molecule has 18 heavy (non-hydrogen) atoms. The Bertz CT molecular complexity index is 501. The number of hydrogen-bond donors (Lipinski definition) is 1. The molecule has 1 heterocycles. The molecule has 4 nitrogen and oxygen atoms in total. The van der Waals surface area contributed by atoms with Crippen LogP contribution in [0.1, 0.15) is 24.2 Å². The van der Waals surface area contributed by atoms with Crippen LogP contribution in [0.3, 0.4) is 0 Å². The molecule has 0 aliphatic carbocycles. The number of Topliss-reactive ketones (excluding diaryl/α,β-unsaturated/α-hetero) is 1. The van der Waals surface area contributed by atoms with Crippen LogP contribution in [0.4, 0.5) is 5.69 Å². The van der Waals surface area contributed by atoms with Gasteiger partial charge in [0.15, 0.2) is 5.78 Å². The van der Waals surface area contributed by atoms with E-state index in [0.717, 1.165) is 10.6 Å². The molecule has 0 spiro atoms. The van der Waals surface area contributed by atoms with Gasteiger partial charge in [-0.2, -0.15) is 0 Å². The van der Waals surface area contributed by atoms with Crippen molar-refractivity contribution in [2.45, 2.75) is 24.0 Å². The van der Waals surface area contributed by atoms with E-state index in [1.807, 2.05) is 13.0 Å². The van der Waals surface area contributed by atoms with Gasteiger partial charge in [-0.25, -0.2) is 0 Å². The van der Waals surface area contributed by atoms with Crippen LogP contribution in [0.2, 0.25) is 0 Å².